The van der Waals surface area contributed by atoms with Crippen molar-refractivity contribution in [2.24, 2.45) is 5.73 Å². The summed E-state index contributed by atoms with van der Waals surface area (Å²) in [5, 5.41) is 9.30. The molecule has 0 saturated heterocycles. The Balaban J connectivity index is 2.70. The lowest BCUT2D eigenvalue weighted by molar-refractivity contribution is 0.0489. The van der Waals surface area contributed by atoms with Gasteiger partial charge in [0.05, 0.1) is 6.10 Å². The molecule has 0 aromatic heterocycles. The zero-order valence-corrected chi connectivity index (χ0v) is 11.2. The second kappa shape index (κ2) is 7.25. The van der Waals surface area contributed by atoms with Gasteiger partial charge in [0.2, 0.25) is 0 Å². The first-order chi connectivity index (χ1) is 7.69. The first-order valence-corrected chi connectivity index (χ1v) is 6.23. The zero-order valence-electron chi connectivity index (χ0n) is 8.83. The van der Waals surface area contributed by atoms with Crippen LogP contribution in [-0.2, 0) is 4.74 Å². The van der Waals surface area contributed by atoms with Crippen molar-refractivity contribution in [2.45, 2.75) is 12.5 Å². The second-order valence-corrected chi connectivity index (χ2v) is 4.66. The van der Waals surface area contributed by atoms with Crippen molar-refractivity contribution in [3.05, 3.63) is 33.3 Å². The van der Waals surface area contributed by atoms with Crippen LogP contribution in [0.4, 0.5) is 0 Å². The van der Waals surface area contributed by atoms with Gasteiger partial charge >= 0.3 is 0 Å². The maximum absolute atomic E-state index is 8.67. The third-order valence-corrected chi connectivity index (χ3v) is 2.97. The maximum atomic E-state index is 8.67. The Morgan fingerprint density at radius 1 is 1.50 bits per heavy atom. The van der Waals surface area contributed by atoms with Gasteiger partial charge in [-0.1, -0.05) is 33.6 Å². The third kappa shape index (κ3) is 4.03. The minimum atomic E-state index is -0.216. The van der Waals surface area contributed by atoms with Crippen LogP contribution in [-0.4, -0.2) is 24.9 Å². The van der Waals surface area contributed by atoms with Gasteiger partial charge in [-0.15, -0.1) is 0 Å². The Kier molecular flexibility index (Phi) is 6.31. The van der Waals surface area contributed by atoms with Crippen molar-refractivity contribution in [3.8, 4) is 0 Å². The molecule has 3 N–H and O–H groups in total. The molecule has 0 spiro atoms. The average molecular weight is 309 g/mol. The summed E-state index contributed by atoms with van der Waals surface area (Å²) in [4.78, 5) is 0. The van der Waals surface area contributed by atoms with Crippen molar-refractivity contribution in [3.63, 3.8) is 0 Å². The molecule has 0 heterocycles. The SMILES string of the molecule is NCC(OCCCO)c1ccc(Br)cc1Cl. The minimum absolute atomic E-state index is 0.116. The molecule has 0 aliphatic heterocycles. The molecule has 5 heteroatoms. The van der Waals surface area contributed by atoms with E-state index >= 15 is 0 Å². The third-order valence-electron chi connectivity index (χ3n) is 2.14. The second-order valence-electron chi connectivity index (χ2n) is 3.34. The molecule has 0 radical (unpaired) electrons. The molecule has 0 bridgehead atoms. The predicted molar refractivity (Wildman–Crippen MR) is 68.6 cm³/mol. The van der Waals surface area contributed by atoms with E-state index in [0.29, 0.717) is 24.6 Å². The minimum Gasteiger partial charge on any atom is -0.396 e. The van der Waals surface area contributed by atoms with Gasteiger partial charge in [-0.25, -0.2) is 0 Å². The molecule has 1 aromatic rings. The van der Waals surface area contributed by atoms with Crippen LogP contribution in [0.1, 0.15) is 18.1 Å². The molecule has 0 amide bonds. The van der Waals surface area contributed by atoms with Crippen molar-refractivity contribution >= 4 is 27.5 Å². The van der Waals surface area contributed by atoms with Gasteiger partial charge in [0.15, 0.2) is 0 Å². The molecule has 16 heavy (non-hydrogen) atoms. The quantitative estimate of drug-likeness (QED) is 0.794. The summed E-state index contributed by atoms with van der Waals surface area (Å²) in [6.45, 7) is 0.961. The van der Waals surface area contributed by atoms with E-state index in [2.05, 4.69) is 15.9 Å². The largest absolute Gasteiger partial charge is 0.396 e. The van der Waals surface area contributed by atoms with E-state index in [9.17, 15) is 0 Å². The molecule has 0 aliphatic carbocycles. The molecule has 90 valence electrons. The number of rotatable bonds is 6. The molecule has 0 saturated carbocycles. The lowest BCUT2D eigenvalue weighted by Gasteiger charge is -2.17. The fourth-order valence-corrected chi connectivity index (χ4v) is 2.13. The maximum Gasteiger partial charge on any atom is 0.0961 e. The van der Waals surface area contributed by atoms with Crippen LogP contribution < -0.4 is 5.73 Å². The van der Waals surface area contributed by atoms with Crippen LogP contribution in [0.2, 0.25) is 5.02 Å². The first kappa shape index (κ1) is 13.9. The standard InChI is InChI=1S/C11H15BrClNO2/c12-8-2-3-9(10(13)6-8)11(7-14)16-5-1-4-15/h2-3,6,11,15H,1,4-5,7,14H2. The highest BCUT2D eigenvalue weighted by atomic mass is 79.9. The predicted octanol–water partition coefficient (Wildman–Crippen LogP) is 2.50. The summed E-state index contributed by atoms with van der Waals surface area (Å²) in [5.41, 5.74) is 6.52. The Morgan fingerprint density at radius 2 is 2.25 bits per heavy atom. The zero-order chi connectivity index (χ0) is 12.0. The first-order valence-electron chi connectivity index (χ1n) is 5.06. The summed E-state index contributed by atoms with van der Waals surface area (Å²) < 4.78 is 6.48. The van der Waals surface area contributed by atoms with Gasteiger partial charge in [0.1, 0.15) is 0 Å². The normalized spacial score (nSPS) is 12.8. The summed E-state index contributed by atoms with van der Waals surface area (Å²) in [6.07, 6.45) is 0.386. The van der Waals surface area contributed by atoms with Gasteiger partial charge in [-0.3, -0.25) is 0 Å². The summed E-state index contributed by atoms with van der Waals surface area (Å²) in [6, 6.07) is 5.61. The van der Waals surface area contributed by atoms with Gasteiger partial charge in [0.25, 0.3) is 0 Å². The van der Waals surface area contributed by atoms with Crippen molar-refractivity contribution < 1.29 is 9.84 Å². The number of aliphatic hydroxyl groups excluding tert-OH is 1. The molecule has 1 atom stereocenters. The van der Waals surface area contributed by atoms with E-state index in [-0.39, 0.29) is 12.7 Å². The highest BCUT2D eigenvalue weighted by Crippen LogP contribution is 2.28. The van der Waals surface area contributed by atoms with Crippen LogP contribution in [0.25, 0.3) is 0 Å². The van der Waals surface area contributed by atoms with E-state index < -0.39 is 0 Å². The Bertz CT molecular complexity index is 336. The van der Waals surface area contributed by atoms with Gasteiger partial charge < -0.3 is 15.6 Å². The number of ether oxygens (including phenoxy) is 1. The Hall–Kier alpha value is -0.130. The molecule has 1 aromatic carbocycles. The molecular formula is C11H15BrClNO2. The van der Waals surface area contributed by atoms with Gasteiger partial charge in [-0.05, 0) is 18.6 Å². The van der Waals surface area contributed by atoms with E-state index in [4.69, 9.17) is 27.2 Å². The monoisotopic (exact) mass is 307 g/mol. The fourth-order valence-electron chi connectivity index (χ4n) is 1.34. The number of nitrogens with two attached hydrogens (primary N) is 1. The average Bonchev–Trinajstić information content (AvgIpc) is 2.26. The van der Waals surface area contributed by atoms with Crippen LogP contribution in [0, 0.1) is 0 Å². The van der Waals surface area contributed by atoms with E-state index in [1.54, 1.807) is 0 Å². The molecule has 0 aliphatic rings. The van der Waals surface area contributed by atoms with E-state index in [1.807, 2.05) is 18.2 Å². The molecule has 3 nitrogen and oxygen atoms in total. The van der Waals surface area contributed by atoms with Crippen LogP contribution in [0.15, 0.2) is 22.7 Å². The van der Waals surface area contributed by atoms with Crippen LogP contribution in [0.3, 0.4) is 0 Å². The lowest BCUT2D eigenvalue weighted by Crippen LogP contribution is -2.17. The molecular weight excluding hydrogens is 293 g/mol. The van der Waals surface area contributed by atoms with Crippen molar-refractivity contribution in [2.75, 3.05) is 19.8 Å². The highest BCUT2D eigenvalue weighted by molar-refractivity contribution is 9.10. The number of benzene rings is 1. The number of hydrogen-bond donors (Lipinski definition) is 2. The topological polar surface area (TPSA) is 55.5 Å². The van der Waals surface area contributed by atoms with Crippen molar-refractivity contribution in [1.29, 1.82) is 0 Å². The summed E-state index contributed by atoms with van der Waals surface area (Å²) in [7, 11) is 0. The smallest absolute Gasteiger partial charge is 0.0961 e. The Labute approximate surface area is 109 Å². The molecule has 1 rings (SSSR count). The highest BCUT2D eigenvalue weighted by Gasteiger charge is 2.13. The lowest BCUT2D eigenvalue weighted by atomic mass is 10.1. The van der Waals surface area contributed by atoms with Crippen LogP contribution in [0.5, 0.6) is 0 Å². The fraction of sp³-hybridized carbons (Fsp3) is 0.455. The number of aliphatic hydroxyl groups is 1. The van der Waals surface area contributed by atoms with E-state index in [1.165, 1.54) is 0 Å². The van der Waals surface area contributed by atoms with Crippen molar-refractivity contribution in [1.82, 2.24) is 0 Å². The summed E-state index contributed by atoms with van der Waals surface area (Å²) >= 11 is 9.44. The molecule has 1 unspecified atom stereocenters. The molecule has 0 fully saturated rings. The number of halogens is 2. The van der Waals surface area contributed by atoms with Crippen LogP contribution >= 0.6 is 27.5 Å². The number of hydrogen-bond acceptors (Lipinski definition) is 3. The van der Waals surface area contributed by atoms with Gasteiger partial charge in [0, 0.05) is 34.8 Å². The Morgan fingerprint density at radius 3 is 2.81 bits per heavy atom. The van der Waals surface area contributed by atoms with E-state index in [0.717, 1.165) is 10.0 Å². The summed E-state index contributed by atoms with van der Waals surface area (Å²) in [5.74, 6) is 0. The van der Waals surface area contributed by atoms with Gasteiger partial charge in [-0.2, -0.15) is 0 Å².